The van der Waals surface area contributed by atoms with E-state index in [0.717, 1.165) is 59.9 Å². The molecule has 0 amide bonds. The predicted molar refractivity (Wildman–Crippen MR) is 126 cm³/mol. The number of halogens is 2. The van der Waals surface area contributed by atoms with Crippen LogP contribution in [0.4, 0.5) is 31.5 Å². The summed E-state index contributed by atoms with van der Waals surface area (Å²) in [6.07, 6.45) is 2.63. The summed E-state index contributed by atoms with van der Waals surface area (Å²) >= 11 is 0. The average molecular weight is 436 g/mol. The molecule has 0 saturated heterocycles. The van der Waals surface area contributed by atoms with Gasteiger partial charge >= 0.3 is 0 Å². The second-order valence-corrected chi connectivity index (χ2v) is 8.65. The first kappa shape index (κ1) is 20.5. The molecule has 3 aromatic rings. The maximum absolute atomic E-state index is 14.2. The molecule has 2 N–H and O–H groups in total. The van der Waals surface area contributed by atoms with Gasteiger partial charge in [-0.05, 0) is 47.7 Å². The lowest BCUT2D eigenvalue weighted by atomic mass is 9.86. The maximum Gasteiger partial charge on any atom is 0.264 e. The van der Waals surface area contributed by atoms with Crippen LogP contribution in [0.3, 0.4) is 0 Å². The summed E-state index contributed by atoms with van der Waals surface area (Å²) in [7, 11) is 1.80. The first-order valence-electron chi connectivity index (χ1n) is 11.0. The van der Waals surface area contributed by atoms with Gasteiger partial charge in [-0.2, -0.15) is 5.10 Å². The molecule has 0 radical (unpaired) electrons. The monoisotopic (exact) mass is 435 g/mol. The first-order valence-corrected chi connectivity index (χ1v) is 11.0. The van der Waals surface area contributed by atoms with Crippen LogP contribution < -0.4 is 15.5 Å². The van der Waals surface area contributed by atoms with E-state index >= 15 is 0 Å². The van der Waals surface area contributed by atoms with Crippen LogP contribution in [0.5, 0.6) is 0 Å². The molecule has 0 bridgehead atoms. The highest BCUT2D eigenvalue weighted by Gasteiger charge is 2.29. The van der Waals surface area contributed by atoms with Crippen molar-refractivity contribution in [2.45, 2.75) is 32.1 Å². The van der Waals surface area contributed by atoms with Gasteiger partial charge in [-0.25, -0.2) is 8.78 Å². The molecule has 0 spiro atoms. The lowest BCUT2D eigenvalue weighted by molar-refractivity contribution is 0.152. The normalized spacial score (nSPS) is 18.0. The number of aryl methyl sites for hydroxylation is 1. The molecule has 5 nitrogen and oxygen atoms in total. The van der Waals surface area contributed by atoms with Gasteiger partial charge in [-0.15, -0.1) is 0 Å². The highest BCUT2D eigenvalue weighted by Crippen LogP contribution is 2.47. The number of nitrogens with zero attached hydrogens (tertiary/aromatic N) is 3. The Balaban J connectivity index is 1.67. The van der Waals surface area contributed by atoms with Gasteiger partial charge in [-0.1, -0.05) is 19.6 Å². The highest BCUT2D eigenvalue weighted by molar-refractivity contribution is 5.89. The molecule has 1 atom stereocenters. The Kier molecular flexibility index (Phi) is 5.12. The summed E-state index contributed by atoms with van der Waals surface area (Å²) in [6, 6.07) is 9.70. The molecule has 7 heteroatoms. The van der Waals surface area contributed by atoms with E-state index in [9.17, 15) is 8.78 Å². The molecule has 2 aromatic carbocycles. The minimum absolute atomic E-state index is 0.0392. The number of nitrogens with one attached hydrogen (secondary N) is 2. The van der Waals surface area contributed by atoms with Crippen LogP contribution in [0.1, 0.15) is 43.2 Å². The Bertz CT molecular complexity index is 1180. The van der Waals surface area contributed by atoms with Gasteiger partial charge in [0.2, 0.25) is 0 Å². The van der Waals surface area contributed by atoms with Crippen molar-refractivity contribution in [2.24, 2.45) is 7.05 Å². The number of fused-ring (bicyclic) bond motifs is 2. The molecule has 0 aliphatic carbocycles. The fourth-order valence-electron chi connectivity index (χ4n) is 4.74. The number of alkyl halides is 2. The zero-order valence-corrected chi connectivity index (χ0v) is 18.3. The number of para-hydroxylation sites is 1. The lowest BCUT2D eigenvalue weighted by Gasteiger charge is -2.37. The second-order valence-electron chi connectivity index (χ2n) is 8.65. The van der Waals surface area contributed by atoms with Gasteiger partial charge in [0.25, 0.3) is 6.43 Å². The highest BCUT2D eigenvalue weighted by atomic mass is 19.3. The van der Waals surface area contributed by atoms with Crippen molar-refractivity contribution in [3.8, 4) is 11.1 Å². The number of hydrogen-bond donors (Lipinski definition) is 2. The summed E-state index contributed by atoms with van der Waals surface area (Å²) in [4.78, 5) is 2.18. The topological polar surface area (TPSA) is 45.1 Å². The van der Waals surface area contributed by atoms with Crippen molar-refractivity contribution in [1.82, 2.24) is 9.78 Å². The zero-order chi connectivity index (χ0) is 22.4. The molecule has 166 valence electrons. The van der Waals surface area contributed by atoms with E-state index in [1.165, 1.54) is 0 Å². The van der Waals surface area contributed by atoms with Gasteiger partial charge in [0.1, 0.15) is 0 Å². The summed E-state index contributed by atoms with van der Waals surface area (Å²) in [5, 5.41) is 11.1. The fourth-order valence-corrected chi connectivity index (χ4v) is 4.74. The van der Waals surface area contributed by atoms with Crippen LogP contribution in [0.2, 0.25) is 0 Å². The van der Waals surface area contributed by atoms with Crippen molar-refractivity contribution in [3.63, 3.8) is 0 Å². The average Bonchev–Trinajstić information content (AvgIpc) is 3.10. The Labute approximate surface area is 186 Å². The summed E-state index contributed by atoms with van der Waals surface area (Å²) < 4.78 is 30.1. The van der Waals surface area contributed by atoms with Gasteiger partial charge in [0.15, 0.2) is 0 Å². The summed E-state index contributed by atoms with van der Waals surface area (Å²) in [5.41, 5.74) is 7.16. The molecule has 0 fully saturated rings. The first-order chi connectivity index (χ1) is 15.4. The molecule has 1 aromatic heterocycles. The number of anilines is 4. The van der Waals surface area contributed by atoms with Crippen LogP contribution in [0.25, 0.3) is 11.1 Å². The largest absolute Gasteiger partial charge is 0.381 e. The van der Waals surface area contributed by atoms with E-state index < -0.39 is 6.43 Å². The van der Waals surface area contributed by atoms with Crippen molar-refractivity contribution in [3.05, 3.63) is 66.1 Å². The molecule has 2 aliphatic rings. The van der Waals surface area contributed by atoms with E-state index in [2.05, 4.69) is 40.2 Å². The molecule has 2 aliphatic heterocycles. The number of benzene rings is 2. The third-order valence-electron chi connectivity index (χ3n) is 6.43. The van der Waals surface area contributed by atoms with E-state index in [1.807, 2.05) is 18.2 Å². The standard InChI is InChI=1S/C25H27F2N5/c1-15-8-10-32(22-6-4-5-21-24(22)28-9-7-16(2)30-21)23-12-20(25(26)27)19(11-18(15)23)17-13-29-31(3)14-17/h4-6,11-15,25,28,30H,2,7-10H2,1,3H3. The van der Waals surface area contributed by atoms with Crippen LogP contribution in [0, 0.1) is 0 Å². The summed E-state index contributed by atoms with van der Waals surface area (Å²) in [5.74, 6) is 0.275. The van der Waals surface area contributed by atoms with Crippen LogP contribution in [0.15, 0.2) is 55.0 Å². The minimum Gasteiger partial charge on any atom is -0.381 e. The zero-order valence-electron chi connectivity index (χ0n) is 18.3. The van der Waals surface area contributed by atoms with Gasteiger partial charge in [0.05, 0.1) is 23.3 Å². The maximum atomic E-state index is 14.2. The lowest BCUT2D eigenvalue weighted by Crippen LogP contribution is -2.27. The van der Waals surface area contributed by atoms with Crippen LogP contribution in [-0.2, 0) is 7.05 Å². The molecular weight excluding hydrogens is 408 g/mol. The Morgan fingerprint density at radius 1 is 1.22 bits per heavy atom. The Hall–Kier alpha value is -3.35. The minimum atomic E-state index is -2.58. The number of aromatic nitrogens is 2. The third kappa shape index (κ3) is 3.51. The van der Waals surface area contributed by atoms with Gasteiger partial charge in [0, 0.05) is 55.3 Å². The second kappa shape index (κ2) is 7.97. The molecular formula is C25H27F2N5. The van der Waals surface area contributed by atoms with E-state index in [1.54, 1.807) is 30.2 Å². The fraction of sp³-hybridized carbons (Fsp3) is 0.320. The molecule has 1 unspecified atom stereocenters. The Morgan fingerprint density at radius 2 is 2.06 bits per heavy atom. The van der Waals surface area contributed by atoms with E-state index in [-0.39, 0.29) is 11.5 Å². The molecule has 32 heavy (non-hydrogen) atoms. The van der Waals surface area contributed by atoms with E-state index in [0.29, 0.717) is 11.1 Å². The van der Waals surface area contributed by atoms with Crippen molar-refractivity contribution >= 4 is 22.7 Å². The van der Waals surface area contributed by atoms with Crippen molar-refractivity contribution in [1.29, 1.82) is 0 Å². The quantitative estimate of drug-likeness (QED) is 0.499. The van der Waals surface area contributed by atoms with Crippen LogP contribution in [-0.4, -0.2) is 22.9 Å². The van der Waals surface area contributed by atoms with E-state index in [4.69, 9.17) is 0 Å². The van der Waals surface area contributed by atoms with Gasteiger partial charge < -0.3 is 15.5 Å². The third-order valence-corrected chi connectivity index (χ3v) is 6.43. The number of rotatable bonds is 3. The molecule has 5 rings (SSSR count). The number of hydrogen-bond acceptors (Lipinski definition) is 4. The summed E-state index contributed by atoms with van der Waals surface area (Å²) in [6.45, 7) is 7.78. The van der Waals surface area contributed by atoms with Crippen LogP contribution >= 0.6 is 0 Å². The Morgan fingerprint density at radius 3 is 2.81 bits per heavy atom. The van der Waals surface area contributed by atoms with Gasteiger partial charge in [-0.3, -0.25) is 4.68 Å². The van der Waals surface area contributed by atoms with Crippen molar-refractivity contribution in [2.75, 3.05) is 28.6 Å². The molecule has 3 heterocycles. The molecule has 0 saturated carbocycles. The van der Waals surface area contributed by atoms with Crippen molar-refractivity contribution < 1.29 is 8.78 Å². The smallest absolute Gasteiger partial charge is 0.264 e. The predicted octanol–water partition coefficient (Wildman–Crippen LogP) is 6.41. The SMILES string of the molecule is C=C1CCNc2c(cccc2N2CCC(C)c3cc(-c4cnn(C)c4)c(C(F)F)cc32)N1.